The van der Waals surface area contributed by atoms with Gasteiger partial charge in [0.25, 0.3) is 0 Å². The van der Waals surface area contributed by atoms with Crippen molar-refractivity contribution in [2.75, 3.05) is 13.2 Å². The van der Waals surface area contributed by atoms with Crippen molar-refractivity contribution in [2.45, 2.75) is 5.92 Å². The SMILES string of the molecule is OCC(COc1ccccc1Cl)c1cccc(F)c1. The van der Waals surface area contributed by atoms with E-state index < -0.39 is 0 Å². The van der Waals surface area contributed by atoms with Crippen molar-refractivity contribution in [3.63, 3.8) is 0 Å². The second-order valence-corrected chi connectivity index (χ2v) is 4.58. The number of hydrogen-bond donors (Lipinski definition) is 1. The Bertz CT molecular complexity index is 545. The van der Waals surface area contributed by atoms with Gasteiger partial charge >= 0.3 is 0 Å². The van der Waals surface area contributed by atoms with Crippen molar-refractivity contribution in [3.8, 4) is 5.75 Å². The van der Waals surface area contributed by atoms with Gasteiger partial charge in [0.15, 0.2) is 0 Å². The van der Waals surface area contributed by atoms with Gasteiger partial charge in [0.05, 0.1) is 18.2 Å². The Kier molecular flexibility index (Phi) is 4.77. The van der Waals surface area contributed by atoms with E-state index in [0.717, 1.165) is 0 Å². The highest BCUT2D eigenvalue weighted by Gasteiger charge is 2.13. The third-order valence-corrected chi connectivity index (χ3v) is 3.13. The van der Waals surface area contributed by atoms with Crippen LogP contribution >= 0.6 is 11.6 Å². The average molecular weight is 281 g/mol. The molecule has 0 aliphatic rings. The highest BCUT2D eigenvalue weighted by molar-refractivity contribution is 6.32. The molecule has 0 heterocycles. The summed E-state index contributed by atoms with van der Waals surface area (Å²) in [4.78, 5) is 0. The molecule has 0 aromatic heterocycles. The number of aliphatic hydroxyl groups is 1. The molecule has 0 bridgehead atoms. The average Bonchev–Trinajstić information content (AvgIpc) is 2.41. The summed E-state index contributed by atoms with van der Waals surface area (Å²) in [6.45, 7) is 0.123. The maximum atomic E-state index is 13.1. The lowest BCUT2D eigenvalue weighted by Gasteiger charge is -2.16. The normalized spacial score (nSPS) is 12.2. The molecular formula is C15H14ClFO2. The number of ether oxygens (including phenoxy) is 1. The standard InChI is InChI=1S/C15H14ClFO2/c16-14-6-1-2-7-15(14)19-10-12(9-18)11-4-3-5-13(17)8-11/h1-8,12,18H,9-10H2. The lowest BCUT2D eigenvalue weighted by molar-refractivity contribution is 0.205. The second kappa shape index (κ2) is 6.55. The Labute approximate surface area is 116 Å². The molecule has 100 valence electrons. The lowest BCUT2D eigenvalue weighted by atomic mass is 10.0. The molecule has 0 saturated carbocycles. The molecule has 1 N–H and O–H groups in total. The Morgan fingerprint density at radius 3 is 2.63 bits per heavy atom. The predicted molar refractivity (Wildman–Crippen MR) is 73.2 cm³/mol. The molecule has 0 amide bonds. The molecule has 4 heteroatoms. The summed E-state index contributed by atoms with van der Waals surface area (Å²) in [6, 6.07) is 13.3. The number of para-hydroxylation sites is 1. The molecule has 2 nitrogen and oxygen atoms in total. The van der Waals surface area contributed by atoms with Crippen LogP contribution in [0.25, 0.3) is 0 Å². The van der Waals surface area contributed by atoms with E-state index in [1.54, 1.807) is 24.3 Å². The predicted octanol–water partition coefficient (Wildman–Crippen LogP) is 3.63. The number of rotatable bonds is 5. The summed E-state index contributed by atoms with van der Waals surface area (Å²) < 4.78 is 18.7. The largest absolute Gasteiger partial charge is 0.491 e. The lowest BCUT2D eigenvalue weighted by Crippen LogP contribution is -2.14. The molecule has 0 aliphatic heterocycles. The van der Waals surface area contributed by atoms with Gasteiger partial charge < -0.3 is 9.84 Å². The molecule has 0 radical (unpaired) electrons. The smallest absolute Gasteiger partial charge is 0.137 e. The fourth-order valence-corrected chi connectivity index (χ4v) is 1.96. The minimum Gasteiger partial charge on any atom is -0.491 e. The van der Waals surface area contributed by atoms with E-state index in [9.17, 15) is 9.50 Å². The topological polar surface area (TPSA) is 29.5 Å². The summed E-state index contributed by atoms with van der Waals surface area (Å²) in [5, 5.41) is 9.89. The zero-order valence-corrected chi connectivity index (χ0v) is 11.0. The molecule has 0 saturated heterocycles. The fraction of sp³-hybridized carbons (Fsp3) is 0.200. The molecule has 1 unspecified atom stereocenters. The van der Waals surface area contributed by atoms with Crippen LogP contribution in [-0.2, 0) is 0 Å². The summed E-state index contributed by atoms with van der Waals surface area (Å²) in [5.74, 6) is -0.0558. The van der Waals surface area contributed by atoms with E-state index in [-0.39, 0.29) is 24.9 Å². The molecule has 2 aromatic rings. The molecule has 2 rings (SSSR count). The van der Waals surface area contributed by atoms with Crippen LogP contribution in [0.2, 0.25) is 5.02 Å². The third-order valence-electron chi connectivity index (χ3n) is 2.82. The summed E-state index contributed by atoms with van der Waals surface area (Å²) >= 11 is 5.97. The Morgan fingerprint density at radius 1 is 1.16 bits per heavy atom. The van der Waals surface area contributed by atoms with Crippen molar-refractivity contribution in [1.82, 2.24) is 0 Å². The summed E-state index contributed by atoms with van der Waals surface area (Å²) in [7, 11) is 0. The molecule has 1 atom stereocenters. The maximum Gasteiger partial charge on any atom is 0.137 e. The zero-order chi connectivity index (χ0) is 13.7. The van der Waals surface area contributed by atoms with E-state index in [1.807, 2.05) is 12.1 Å². The Balaban J connectivity index is 2.06. The van der Waals surface area contributed by atoms with Crippen LogP contribution in [0, 0.1) is 5.82 Å². The molecule has 2 aromatic carbocycles. The molecule has 0 fully saturated rings. The van der Waals surface area contributed by atoms with Crippen LogP contribution in [0.4, 0.5) is 4.39 Å². The van der Waals surface area contributed by atoms with Gasteiger partial charge in [-0.25, -0.2) is 4.39 Å². The van der Waals surface area contributed by atoms with Gasteiger partial charge in [-0.15, -0.1) is 0 Å². The van der Waals surface area contributed by atoms with Gasteiger partial charge in [-0.3, -0.25) is 0 Å². The summed E-state index contributed by atoms with van der Waals surface area (Å²) in [6.07, 6.45) is 0. The quantitative estimate of drug-likeness (QED) is 0.906. The van der Waals surface area contributed by atoms with E-state index in [1.165, 1.54) is 12.1 Å². The van der Waals surface area contributed by atoms with Crippen molar-refractivity contribution in [1.29, 1.82) is 0 Å². The zero-order valence-electron chi connectivity index (χ0n) is 10.2. The number of halogens is 2. The number of hydrogen-bond acceptors (Lipinski definition) is 2. The van der Waals surface area contributed by atoms with Gasteiger partial charge in [0.1, 0.15) is 11.6 Å². The minimum absolute atomic E-state index is 0.117. The van der Waals surface area contributed by atoms with Crippen LogP contribution < -0.4 is 4.74 Å². The van der Waals surface area contributed by atoms with Crippen LogP contribution in [0.5, 0.6) is 5.75 Å². The van der Waals surface area contributed by atoms with Gasteiger partial charge in [-0.1, -0.05) is 35.9 Å². The first kappa shape index (κ1) is 13.8. The van der Waals surface area contributed by atoms with E-state index in [0.29, 0.717) is 16.3 Å². The first-order valence-electron chi connectivity index (χ1n) is 5.94. The summed E-state index contributed by atoms with van der Waals surface area (Å²) in [5.41, 5.74) is 0.703. The van der Waals surface area contributed by atoms with E-state index in [2.05, 4.69) is 0 Å². The Morgan fingerprint density at radius 2 is 1.95 bits per heavy atom. The monoisotopic (exact) mass is 280 g/mol. The molecule has 0 aliphatic carbocycles. The molecule has 0 spiro atoms. The van der Waals surface area contributed by atoms with Crippen LogP contribution in [0.1, 0.15) is 11.5 Å². The van der Waals surface area contributed by atoms with Crippen LogP contribution in [0.3, 0.4) is 0 Å². The number of aliphatic hydroxyl groups excluding tert-OH is 1. The maximum absolute atomic E-state index is 13.1. The third kappa shape index (κ3) is 3.69. The van der Waals surface area contributed by atoms with Crippen molar-refractivity contribution in [3.05, 3.63) is 64.9 Å². The second-order valence-electron chi connectivity index (χ2n) is 4.18. The van der Waals surface area contributed by atoms with E-state index in [4.69, 9.17) is 16.3 Å². The van der Waals surface area contributed by atoms with Crippen molar-refractivity contribution >= 4 is 11.6 Å². The molecule has 19 heavy (non-hydrogen) atoms. The Hall–Kier alpha value is -1.58. The van der Waals surface area contributed by atoms with Crippen molar-refractivity contribution < 1.29 is 14.2 Å². The van der Waals surface area contributed by atoms with Gasteiger partial charge in [-0.2, -0.15) is 0 Å². The molecular weight excluding hydrogens is 267 g/mol. The first-order chi connectivity index (χ1) is 9.20. The van der Waals surface area contributed by atoms with Crippen molar-refractivity contribution in [2.24, 2.45) is 0 Å². The van der Waals surface area contributed by atoms with Crippen LogP contribution in [0.15, 0.2) is 48.5 Å². The first-order valence-corrected chi connectivity index (χ1v) is 6.32. The van der Waals surface area contributed by atoms with Gasteiger partial charge in [-0.05, 0) is 29.8 Å². The van der Waals surface area contributed by atoms with Gasteiger partial charge in [0, 0.05) is 5.92 Å². The van der Waals surface area contributed by atoms with Gasteiger partial charge in [0.2, 0.25) is 0 Å². The minimum atomic E-state index is -0.325. The highest BCUT2D eigenvalue weighted by atomic mass is 35.5. The fourth-order valence-electron chi connectivity index (χ4n) is 1.77. The van der Waals surface area contributed by atoms with Crippen LogP contribution in [-0.4, -0.2) is 18.3 Å². The van der Waals surface area contributed by atoms with E-state index >= 15 is 0 Å². The number of benzene rings is 2. The highest BCUT2D eigenvalue weighted by Crippen LogP contribution is 2.25.